The molecule has 1 unspecified atom stereocenters. The predicted octanol–water partition coefficient (Wildman–Crippen LogP) is 1.01. The fourth-order valence-corrected chi connectivity index (χ4v) is 2.72. The van der Waals surface area contributed by atoms with Crippen LogP contribution in [0.1, 0.15) is 29.7 Å². The monoisotopic (exact) mass is 229 g/mol. The first-order chi connectivity index (χ1) is 8.28. The maximum atomic E-state index is 9.57. The van der Waals surface area contributed by atoms with Crippen LogP contribution in [0.2, 0.25) is 0 Å². The van der Waals surface area contributed by atoms with Crippen LogP contribution in [0.25, 0.3) is 0 Å². The van der Waals surface area contributed by atoms with Gasteiger partial charge < -0.3 is 10.0 Å². The van der Waals surface area contributed by atoms with Crippen LogP contribution in [-0.2, 0) is 12.8 Å². The van der Waals surface area contributed by atoms with E-state index in [1.165, 1.54) is 5.56 Å². The van der Waals surface area contributed by atoms with Crippen molar-refractivity contribution >= 4 is 5.82 Å². The lowest BCUT2D eigenvalue weighted by atomic mass is 10.1. The maximum Gasteiger partial charge on any atom is 0.146 e. The molecule has 1 aromatic heterocycles. The zero-order valence-electron chi connectivity index (χ0n) is 9.69. The highest BCUT2D eigenvalue weighted by Gasteiger charge is 2.25. The summed E-state index contributed by atoms with van der Waals surface area (Å²) >= 11 is 0. The van der Waals surface area contributed by atoms with Gasteiger partial charge in [0.25, 0.3) is 0 Å². The second-order valence-corrected chi connectivity index (χ2v) is 4.82. The van der Waals surface area contributed by atoms with Crippen LogP contribution < -0.4 is 4.90 Å². The number of fused-ring (bicyclic) bond motifs is 1. The Morgan fingerprint density at radius 1 is 1.47 bits per heavy atom. The number of aliphatic hydroxyl groups excluding tert-OH is 1. The number of β-amino-alcohol motifs (C(OH)–C–C–N with tert-alkyl or cyclic N) is 1. The summed E-state index contributed by atoms with van der Waals surface area (Å²) in [7, 11) is 0. The Bertz CT molecular complexity index is 492. The molecule has 1 saturated heterocycles. The van der Waals surface area contributed by atoms with Gasteiger partial charge in [-0.3, -0.25) is 0 Å². The summed E-state index contributed by atoms with van der Waals surface area (Å²) in [6, 6.07) is 4.21. The summed E-state index contributed by atoms with van der Waals surface area (Å²) in [5, 5.41) is 18.8. The first kappa shape index (κ1) is 10.5. The van der Waals surface area contributed by atoms with E-state index in [0.29, 0.717) is 12.1 Å². The number of pyridine rings is 1. The van der Waals surface area contributed by atoms with Crippen LogP contribution in [-0.4, -0.2) is 29.3 Å². The number of rotatable bonds is 1. The minimum atomic E-state index is -0.281. The van der Waals surface area contributed by atoms with Crippen LogP contribution in [0.15, 0.2) is 6.07 Å². The number of hydrogen-bond acceptors (Lipinski definition) is 4. The molecule has 4 heteroatoms. The molecule has 1 aliphatic carbocycles. The van der Waals surface area contributed by atoms with Crippen LogP contribution in [0.4, 0.5) is 5.82 Å². The third kappa shape index (κ3) is 1.77. The molecule has 1 atom stereocenters. The van der Waals surface area contributed by atoms with Gasteiger partial charge in [-0.1, -0.05) is 0 Å². The van der Waals surface area contributed by atoms with Gasteiger partial charge in [0.2, 0.25) is 0 Å². The molecule has 2 aliphatic rings. The molecule has 2 heterocycles. The SMILES string of the molecule is N#Cc1cc2c(nc1N1CCC(O)C1)CCC2. The Kier molecular flexibility index (Phi) is 2.49. The number of nitrogens with zero attached hydrogens (tertiary/aromatic N) is 3. The zero-order valence-corrected chi connectivity index (χ0v) is 9.69. The van der Waals surface area contributed by atoms with Gasteiger partial charge in [-0.25, -0.2) is 4.98 Å². The van der Waals surface area contributed by atoms with Crippen molar-refractivity contribution in [1.82, 2.24) is 4.98 Å². The van der Waals surface area contributed by atoms with Crippen molar-refractivity contribution in [2.24, 2.45) is 0 Å². The van der Waals surface area contributed by atoms with E-state index in [2.05, 4.69) is 11.1 Å². The van der Waals surface area contributed by atoms with Crippen molar-refractivity contribution in [2.45, 2.75) is 31.8 Å². The minimum absolute atomic E-state index is 0.281. The van der Waals surface area contributed by atoms with E-state index in [4.69, 9.17) is 0 Å². The van der Waals surface area contributed by atoms with E-state index in [1.807, 2.05) is 11.0 Å². The molecule has 1 N–H and O–H groups in total. The fraction of sp³-hybridized carbons (Fsp3) is 0.538. The predicted molar refractivity (Wildman–Crippen MR) is 63.8 cm³/mol. The van der Waals surface area contributed by atoms with Gasteiger partial charge in [0, 0.05) is 18.8 Å². The van der Waals surface area contributed by atoms with Gasteiger partial charge in [-0.15, -0.1) is 0 Å². The quantitative estimate of drug-likeness (QED) is 0.781. The molecule has 0 spiro atoms. The van der Waals surface area contributed by atoms with Crippen molar-refractivity contribution < 1.29 is 5.11 Å². The summed E-state index contributed by atoms with van der Waals surface area (Å²) < 4.78 is 0. The number of hydrogen-bond donors (Lipinski definition) is 1. The Morgan fingerprint density at radius 3 is 3.06 bits per heavy atom. The first-order valence-corrected chi connectivity index (χ1v) is 6.14. The first-order valence-electron chi connectivity index (χ1n) is 6.14. The lowest BCUT2D eigenvalue weighted by molar-refractivity contribution is 0.198. The third-order valence-corrected chi connectivity index (χ3v) is 3.61. The topological polar surface area (TPSA) is 60.2 Å². The number of aliphatic hydroxyl groups is 1. The van der Waals surface area contributed by atoms with E-state index in [1.54, 1.807) is 0 Å². The Hall–Kier alpha value is -1.60. The smallest absolute Gasteiger partial charge is 0.146 e. The lowest BCUT2D eigenvalue weighted by Crippen LogP contribution is -2.23. The van der Waals surface area contributed by atoms with Crippen LogP contribution in [0.3, 0.4) is 0 Å². The molecule has 3 rings (SSSR count). The number of aryl methyl sites for hydroxylation is 2. The second kappa shape index (κ2) is 4.01. The van der Waals surface area contributed by atoms with Crippen LogP contribution in [0.5, 0.6) is 0 Å². The molecule has 88 valence electrons. The average Bonchev–Trinajstić information content (AvgIpc) is 2.94. The van der Waals surface area contributed by atoms with Gasteiger partial charge in [-0.2, -0.15) is 5.26 Å². The zero-order chi connectivity index (χ0) is 11.8. The van der Waals surface area contributed by atoms with Crippen LogP contribution >= 0.6 is 0 Å². The van der Waals surface area contributed by atoms with E-state index in [9.17, 15) is 10.4 Å². The molecule has 1 aliphatic heterocycles. The van der Waals surface area contributed by atoms with Crippen molar-refractivity contribution in [3.05, 3.63) is 22.9 Å². The number of nitriles is 1. The van der Waals surface area contributed by atoms with Crippen molar-refractivity contribution in [2.75, 3.05) is 18.0 Å². The summed E-state index contributed by atoms with van der Waals surface area (Å²) in [5.74, 6) is 0.768. The van der Waals surface area contributed by atoms with E-state index in [0.717, 1.165) is 43.7 Å². The Labute approximate surface area is 101 Å². The van der Waals surface area contributed by atoms with Gasteiger partial charge in [0.15, 0.2) is 0 Å². The van der Waals surface area contributed by atoms with Crippen molar-refractivity contribution in [1.29, 1.82) is 5.26 Å². The van der Waals surface area contributed by atoms with E-state index in [-0.39, 0.29) is 6.10 Å². The molecular formula is C13H15N3O. The number of anilines is 1. The third-order valence-electron chi connectivity index (χ3n) is 3.61. The lowest BCUT2D eigenvalue weighted by Gasteiger charge is -2.19. The maximum absolute atomic E-state index is 9.57. The molecule has 1 aromatic rings. The molecule has 0 amide bonds. The van der Waals surface area contributed by atoms with E-state index >= 15 is 0 Å². The standard InChI is InChI=1S/C13H15N3O/c14-7-10-6-9-2-1-3-12(9)15-13(10)16-5-4-11(17)8-16/h6,11,17H,1-5,8H2. The molecule has 0 aromatic carbocycles. The normalized spacial score (nSPS) is 22.6. The second-order valence-electron chi connectivity index (χ2n) is 4.82. The van der Waals surface area contributed by atoms with Crippen molar-refractivity contribution in [3.8, 4) is 6.07 Å². The highest BCUT2D eigenvalue weighted by atomic mass is 16.3. The average molecular weight is 229 g/mol. The molecule has 0 bridgehead atoms. The summed E-state index contributed by atoms with van der Waals surface area (Å²) in [5.41, 5.74) is 3.02. The highest BCUT2D eigenvalue weighted by Crippen LogP contribution is 2.28. The highest BCUT2D eigenvalue weighted by molar-refractivity contribution is 5.57. The molecule has 0 radical (unpaired) electrons. The number of aromatic nitrogens is 1. The molecular weight excluding hydrogens is 214 g/mol. The van der Waals surface area contributed by atoms with Crippen molar-refractivity contribution in [3.63, 3.8) is 0 Å². The Morgan fingerprint density at radius 2 is 2.35 bits per heavy atom. The molecule has 1 fully saturated rings. The molecule has 0 saturated carbocycles. The molecule has 17 heavy (non-hydrogen) atoms. The fourth-order valence-electron chi connectivity index (χ4n) is 2.72. The summed E-state index contributed by atoms with van der Waals surface area (Å²) in [6.07, 6.45) is 3.68. The van der Waals surface area contributed by atoms with E-state index < -0.39 is 0 Å². The van der Waals surface area contributed by atoms with Gasteiger partial charge >= 0.3 is 0 Å². The summed E-state index contributed by atoms with van der Waals surface area (Å²) in [4.78, 5) is 6.66. The van der Waals surface area contributed by atoms with Crippen LogP contribution in [0, 0.1) is 11.3 Å². The summed E-state index contributed by atoms with van der Waals surface area (Å²) in [6.45, 7) is 1.39. The Balaban J connectivity index is 2.01. The van der Waals surface area contributed by atoms with Gasteiger partial charge in [0.05, 0.1) is 11.7 Å². The van der Waals surface area contributed by atoms with Gasteiger partial charge in [-0.05, 0) is 37.3 Å². The largest absolute Gasteiger partial charge is 0.391 e. The van der Waals surface area contributed by atoms with Gasteiger partial charge in [0.1, 0.15) is 11.9 Å². The molecule has 4 nitrogen and oxygen atoms in total. The minimum Gasteiger partial charge on any atom is -0.391 e.